The molecule has 0 radical (unpaired) electrons. The van der Waals surface area contributed by atoms with Gasteiger partial charge in [0.15, 0.2) is 11.3 Å². The predicted octanol–water partition coefficient (Wildman–Crippen LogP) is 0.325. The van der Waals surface area contributed by atoms with Crippen molar-refractivity contribution in [3.63, 3.8) is 0 Å². The van der Waals surface area contributed by atoms with E-state index in [0.717, 1.165) is 6.33 Å². The highest BCUT2D eigenvalue weighted by molar-refractivity contribution is 5.83. The molecule has 108 valence electrons. The first-order chi connectivity index (χ1) is 9.32. The number of nitrogen functional groups attached to an aromatic ring is 1. The number of hydrogen-bond acceptors (Lipinski definition) is 7. The lowest BCUT2D eigenvalue weighted by Crippen LogP contribution is -2.33. The number of carbonyl (C=O) groups excluding carboxylic acids is 1. The summed E-state index contributed by atoms with van der Waals surface area (Å²) < 4.78 is 41.8. The Labute approximate surface area is 109 Å². The van der Waals surface area contributed by atoms with Crippen LogP contribution in [0.25, 0.3) is 11.2 Å². The molecule has 2 N–H and O–H groups in total. The minimum atomic E-state index is -5.14. The molecule has 0 spiro atoms. The fourth-order valence-electron chi connectivity index (χ4n) is 1.28. The fraction of sp³-hybridized carbons (Fsp3) is 0.333. The van der Waals surface area contributed by atoms with E-state index in [9.17, 15) is 18.0 Å². The molecule has 11 heteroatoms. The highest BCUT2D eigenvalue weighted by Crippen LogP contribution is 2.20. The van der Waals surface area contributed by atoms with E-state index in [4.69, 9.17) is 10.5 Å². The van der Waals surface area contributed by atoms with Gasteiger partial charge in [-0.25, -0.2) is 9.78 Å². The van der Waals surface area contributed by atoms with Gasteiger partial charge in [0.25, 0.3) is 0 Å². The number of anilines is 1. The van der Waals surface area contributed by atoms with Crippen molar-refractivity contribution in [3.8, 4) is 6.01 Å². The summed E-state index contributed by atoms with van der Waals surface area (Å²) in [5.41, 5.74) is 5.33. The molecule has 0 unspecified atom stereocenters. The molecule has 0 amide bonds. The van der Waals surface area contributed by atoms with Gasteiger partial charge in [-0.2, -0.15) is 23.1 Å². The van der Waals surface area contributed by atoms with Gasteiger partial charge in [0, 0.05) is 0 Å². The van der Waals surface area contributed by atoms with E-state index in [2.05, 4.69) is 19.8 Å². The van der Waals surface area contributed by atoms with Gasteiger partial charge in [-0.05, 0) is 6.92 Å². The van der Waals surface area contributed by atoms with Crippen LogP contribution < -0.4 is 15.3 Å². The van der Waals surface area contributed by atoms with E-state index in [1.165, 1.54) is 0 Å². The van der Waals surface area contributed by atoms with Crippen molar-refractivity contribution in [2.75, 3.05) is 12.3 Å². The van der Waals surface area contributed by atoms with Gasteiger partial charge in [0.1, 0.15) is 6.33 Å². The molecule has 2 aromatic heterocycles. The lowest BCUT2D eigenvalue weighted by molar-refractivity contribution is -0.199. The monoisotopic (exact) mass is 291 g/mol. The average Bonchev–Trinajstić information content (AvgIpc) is 2.72. The van der Waals surface area contributed by atoms with E-state index in [1.807, 2.05) is 0 Å². The normalized spacial score (nSPS) is 11.6. The number of ether oxygens (including phenoxy) is 1. The topological polar surface area (TPSA) is 105 Å². The summed E-state index contributed by atoms with van der Waals surface area (Å²) in [5.74, 6) is -2.52. The highest BCUT2D eigenvalue weighted by Gasteiger charge is 2.42. The summed E-state index contributed by atoms with van der Waals surface area (Å²) in [7, 11) is 0. The maximum absolute atomic E-state index is 12.1. The van der Waals surface area contributed by atoms with Gasteiger partial charge >= 0.3 is 18.2 Å². The Morgan fingerprint density at radius 1 is 1.45 bits per heavy atom. The zero-order chi connectivity index (χ0) is 14.9. The molecular formula is C9H8F3N5O3. The van der Waals surface area contributed by atoms with Crippen LogP contribution in [-0.4, -0.2) is 38.4 Å². The summed E-state index contributed by atoms with van der Waals surface area (Å²) >= 11 is 0. The zero-order valence-corrected chi connectivity index (χ0v) is 10.0. The van der Waals surface area contributed by atoms with Crippen LogP contribution in [0.5, 0.6) is 6.01 Å². The summed E-state index contributed by atoms with van der Waals surface area (Å²) in [5, 5.41) is 0. The Morgan fingerprint density at radius 3 is 2.75 bits per heavy atom. The smallest absolute Gasteiger partial charge is 0.464 e. The first-order valence-corrected chi connectivity index (χ1v) is 5.25. The van der Waals surface area contributed by atoms with Crippen molar-refractivity contribution in [2.45, 2.75) is 13.1 Å². The summed E-state index contributed by atoms with van der Waals surface area (Å²) in [4.78, 5) is 26.0. The summed E-state index contributed by atoms with van der Waals surface area (Å²) in [6, 6.07) is -0.165. The molecule has 0 aromatic carbocycles. The van der Waals surface area contributed by atoms with Crippen LogP contribution in [-0.2, 0) is 4.79 Å². The molecule has 2 heterocycles. The minimum absolute atomic E-state index is 0.0107. The van der Waals surface area contributed by atoms with Gasteiger partial charge in [-0.15, -0.1) is 4.73 Å². The molecular weight excluding hydrogens is 283 g/mol. The van der Waals surface area contributed by atoms with Crippen molar-refractivity contribution in [1.82, 2.24) is 19.7 Å². The number of rotatable bonds is 3. The molecule has 0 aliphatic carbocycles. The van der Waals surface area contributed by atoms with Crippen LogP contribution in [0.15, 0.2) is 6.33 Å². The molecule has 2 aromatic rings. The van der Waals surface area contributed by atoms with Crippen molar-refractivity contribution in [1.29, 1.82) is 0 Å². The summed E-state index contributed by atoms with van der Waals surface area (Å²) in [6.07, 6.45) is -4.31. The molecule has 0 saturated carbocycles. The lowest BCUT2D eigenvalue weighted by Gasteiger charge is -2.07. The van der Waals surface area contributed by atoms with Crippen molar-refractivity contribution >= 4 is 23.0 Å². The van der Waals surface area contributed by atoms with Crippen LogP contribution >= 0.6 is 0 Å². The second-order valence-electron chi connectivity index (χ2n) is 3.44. The van der Waals surface area contributed by atoms with Gasteiger partial charge in [-0.3, -0.25) is 0 Å². The standard InChI is InChI=1S/C9H8F3N5O3/c1-2-19-8-15-5(13)4-6(16-8)17(3-14-4)20-7(18)9(10,11)12/h3H,2H2,1H3,(H2,13,15,16). The number of alkyl halides is 3. The van der Waals surface area contributed by atoms with Crippen molar-refractivity contribution < 1.29 is 27.5 Å². The number of fused-ring (bicyclic) bond motifs is 1. The quantitative estimate of drug-likeness (QED) is 0.868. The van der Waals surface area contributed by atoms with E-state index < -0.39 is 12.1 Å². The summed E-state index contributed by atoms with van der Waals surface area (Å²) in [6.45, 7) is 1.88. The van der Waals surface area contributed by atoms with Gasteiger partial charge in [0.2, 0.25) is 5.65 Å². The number of nitrogens with zero attached hydrogens (tertiary/aromatic N) is 4. The third-order valence-electron chi connectivity index (χ3n) is 2.06. The molecule has 2 rings (SSSR count). The minimum Gasteiger partial charge on any atom is -0.464 e. The van der Waals surface area contributed by atoms with E-state index in [0.29, 0.717) is 4.73 Å². The Balaban J connectivity index is 2.42. The predicted molar refractivity (Wildman–Crippen MR) is 58.5 cm³/mol. The third kappa shape index (κ3) is 2.55. The molecule has 8 nitrogen and oxygen atoms in total. The number of aromatic nitrogens is 4. The van der Waals surface area contributed by atoms with Gasteiger partial charge in [-0.1, -0.05) is 0 Å². The average molecular weight is 291 g/mol. The number of imidazole rings is 1. The number of nitrogens with two attached hydrogens (primary N) is 1. The maximum atomic E-state index is 12.1. The molecule has 0 atom stereocenters. The molecule has 0 bridgehead atoms. The first kappa shape index (κ1) is 13.8. The highest BCUT2D eigenvalue weighted by atomic mass is 19.4. The third-order valence-corrected chi connectivity index (χ3v) is 2.06. The number of hydrogen-bond donors (Lipinski definition) is 1. The van der Waals surface area contributed by atoms with E-state index in [1.54, 1.807) is 6.92 Å². The second-order valence-corrected chi connectivity index (χ2v) is 3.44. The van der Waals surface area contributed by atoms with Crippen LogP contribution in [0.4, 0.5) is 19.0 Å². The first-order valence-electron chi connectivity index (χ1n) is 5.25. The van der Waals surface area contributed by atoms with Crippen molar-refractivity contribution in [2.24, 2.45) is 0 Å². The zero-order valence-electron chi connectivity index (χ0n) is 10.0. The Hall–Kier alpha value is -2.59. The molecule has 0 fully saturated rings. The number of halogens is 3. The van der Waals surface area contributed by atoms with Crippen LogP contribution in [0, 0.1) is 0 Å². The van der Waals surface area contributed by atoms with E-state index >= 15 is 0 Å². The molecule has 0 aliphatic rings. The van der Waals surface area contributed by atoms with Gasteiger partial charge < -0.3 is 15.3 Å². The Bertz CT molecular complexity index is 654. The lowest BCUT2D eigenvalue weighted by atomic mass is 10.5. The maximum Gasteiger partial charge on any atom is 0.493 e. The SMILES string of the molecule is CCOc1nc(N)c2ncn(OC(=O)C(F)(F)F)c2n1. The Kier molecular flexibility index (Phi) is 3.34. The fourth-order valence-corrected chi connectivity index (χ4v) is 1.28. The van der Waals surface area contributed by atoms with Gasteiger partial charge in [0.05, 0.1) is 6.61 Å². The van der Waals surface area contributed by atoms with Crippen LogP contribution in [0.1, 0.15) is 6.92 Å². The second kappa shape index (κ2) is 4.83. The van der Waals surface area contributed by atoms with Crippen LogP contribution in [0.2, 0.25) is 0 Å². The molecule has 0 aliphatic heterocycles. The Morgan fingerprint density at radius 2 is 2.15 bits per heavy atom. The number of carbonyl (C=O) groups is 1. The largest absolute Gasteiger partial charge is 0.493 e. The van der Waals surface area contributed by atoms with E-state index in [-0.39, 0.29) is 29.6 Å². The molecule has 0 saturated heterocycles. The van der Waals surface area contributed by atoms with Crippen LogP contribution in [0.3, 0.4) is 0 Å². The van der Waals surface area contributed by atoms with Crippen molar-refractivity contribution in [3.05, 3.63) is 6.33 Å². The molecule has 20 heavy (non-hydrogen) atoms.